The number of carboxylic acids is 1. The summed E-state index contributed by atoms with van der Waals surface area (Å²) in [4.78, 5) is 32.8. The summed E-state index contributed by atoms with van der Waals surface area (Å²) < 4.78 is 7.79. The molecule has 8 nitrogen and oxygen atoms in total. The lowest BCUT2D eigenvalue weighted by molar-refractivity contribution is -0.143. The maximum absolute atomic E-state index is 13.7. The lowest BCUT2D eigenvalue weighted by Gasteiger charge is -2.30. The molecule has 2 aromatic rings. The van der Waals surface area contributed by atoms with Crippen LogP contribution in [0.15, 0.2) is 36.5 Å². The summed E-state index contributed by atoms with van der Waals surface area (Å²) in [6.07, 6.45) is 7.28. The van der Waals surface area contributed by atoms with Crippen molar-refractivity contribution in [3.63, 3.8) is 0 Å². The van der Waals surface area contributed by atoms with Crippen molar-refractivity contribution in [3.8, 4) is 5.75 Å². The summed E-state index contributed by atoms with van der Waals surface area (Å²) in [6.45, 7) is 6.07. The number of nitrogens with zero attached hydrogens (tertiary/aromatic N) is 4. The van der Waals surface area contributed by atoms with E-state index in [-0.39, 0.29) is 24.4 Å². The fraction of sp³-hybridized carbons (Fsp3) is 0.613. The molecule has 3 atom stereocenters. The Morgan fingerprint density at radius 2 is 1.92 bits per heavy atom. The van der Waals surface area contributed by atoms with Gasteiger partial charge in [-0.1, -0.05) is 25.5 Å². The average molecular weight is 539 g/mol. The zero-order valence-corrected chi connectivity index (χ0v) is 24.1. The molecule has 2 aliphatic rings. The van der Waals surface area contributed by atoms with Crippen molar-refractivity contribution in [1.82, 2.24) is 19.3 Å². The van der Waals surface area contributed by atoms with Gasteiger partial charge in [-0.25, -0.2) is 0 Å². The van der Waals surface area contributed by atoms with E-state index in [4.69, 9.17) is 4.74 Å². The van der Waals surface area contributed by atoms with Gasteiger partial charge in [-0.15, -0.1) is 0 Å². The van der Waals surface area contributed by atoms with Gasteiger partial charge in [0, 0.05) is 57.0 Å². The Bertz CT molecular complexity index is 1110. The predicted octanol–water partition coefficient (Wildman–Crippen LogP) is 3.64. The highest BCUT2D eigenvalue weighted by Crippen LogP contribution is 2.41. The maximum Gasteiger partial charge on any atom is 0.308 e. The van der Waals surface area contributed by atoms with Crippen LogP contribution in [0.25, 0.3) is 0 Å². The molecule has 2 aliphatic heterocycles. The number of aliphatic carboxylic acids is 1. The van der Waals surface area contributed by atoms with E-state index < -0.39 is 11.9 Å². The Morgan fingerprint density at radius 1 is 1.13 bits per heavy atom. The van der Waals surface area contributed by atoms with E-state index in [1.807, 2.05) is 36.3 Å². The van der Waals surface area contributed by atoms with Crippen molar-refractivity contribution in [2.75, 3.05) is 53.4 Å². The third-order valence-electron chi connectivity index (χ3n) is 8.43. The van der Waals surface area contributed by atoms with E-state index in [0.717, 1.165) is 68.6 Å². The highest BCUT2D eigenvalue weighted by atomic mass is 16.5. The van der Waals surface area contributed by atoms with Crippen LogP contribution in [0.5, 0.6) is 5.75 Å². The first-order chi connectivity index (χ1) is 18.8. The number of carboxylic acid groups (broad SMARTS) is 1. The minimum Gasteiger partial charge on any atom is -0.493 e. The normalized spacial score (nSPS) is 20.8. The SMILES string of the molecule is CCCCN(CCCN(C)C)C(=O)CN1C[C@H](c2ccc3c(c2)CCO3)C(C(=O)O)[C@@H]1CCc1cccn1C. The summed E-state index contributed by atoms with van der Waals surface area (Å²) in [5.74, 6) is -0.510. The van der Waals surface area contributed by atoms with Crippen molar-refractivity contribution in [2.45, 2.75) is 57.4 Å². The van der Waals surface area contributed by atoms with Crippen LogP contribution in [0, 0.1) is 5.92 Å². The molecule has 0 saturated carbocycles. The van der Waals surface area contributed by atoms with E-state index in [2.05, 4.69) is 47.5 Å². The third-order valence-corrected chi connectivity index (χ3v) is 8.43. The van der Waals surface area contributed by atoms with Gasteiger partial charge >= 0.3 is 5.97 Å². The largest absolute Gasteiger partial charge is 0.493 e. The highest BCUT2D eigenvalue weighted by Gasteiger charge is 2.47. The molecule has 4 rings (SSSR count). The van der Waals surface area contributed by atoms with E-state index in [1.165, 1.54) is 5.69 Å². The number of ether oxygens (including phenoxy) is 1. The van der Waals surface area contributed by atoms with Crippen molar-refractivity contribution in [3.05, 3.63) is 53.3 Å². The Balaban J connectivity index is 1.57. The first kappa shape index (κ1) is 29.2. The van der Waals surface area contributed by atoms with Gasteiger partial charge in [-0.05, 0) is 75.6 Å². The molecule has 0 spiro atoms. The van der Waals surface area contributed by atoms with Crippen LogP contribution < -0.4 is 4.74 Å². The molecule has 39 heavy (non-hydrogen) atoms. The minimum atomic E-state index is -0.780. The first-order valence-electron chi connectivity index (χ1n) is 14.5. The number of hydrogen-bond acceptors (Lipinski definition) is 5. The third kappa shape index (κ3) is 7.22. The second-order valence-electron chi connectivity index (χ2n) is 11.5. The van der Waals surface area contributed by atoms with Crippen LogP contribution in [0.4, 0.5) is 0 Å². The van der Waals surface area contributed by atoms with Gasteiger partial charge in [0.2, 0.25) is 5.91 Å². The number of unbranched alkanes of at least 4 members (excludes halogenated alkanes) is 1. The highest BCUT2D eigenvalue weighted by molar-refractivity contribution is 5.79. The van der Waals surface area contributed by atoms with Crippen LogP contribution in [-0.4, -0.2) is 95.7 Å². The Kier molecular flexibility index (Phi) is 10.1. The molecule has 214 valence electrons. The zero-order valence-electron chi connectivity index (χ0n) is 24.1. The summed E-state index contributed by atoms with van der Waals surface area (Å²) in [5.41, 5.74) is 3.37. The fourth-order valence-electron chi connectivity index (χ4n) is 6.24. The molecule has 0 aliphatic carbocycles. The Hall–Kier alpha value is -2.84. The smallest absolute Gasteiger partial charge is 0.308 e. The van der Waals surface area contributed by atoms with Crippen molar-refractivity contribution in [1.29, 1.82) is 0 Å². The summed E-state index contributed by atoms with van der Waals surface area (Å²) >= 11 is 0. The number of carbonyl (C=O) groups is 2. The summed E-state index contributed by atoms with van der Waals surface area (Å²) in [7, 11) is 6.13. The molecular weight excluding hydrogens is 492 g/mol. The summed E-state index contributed by atoms with van der Waals surface area (Å²) in [6, 6.07) is 10.0. The van der Waals surface area contributed by atoms with Gasteiger partial charge in [0.1, 0.15) is 5.75 Å². The number of rotatable bonds is 14. The minimum absolute atomic E-state index is 0.109. The number of aromatic nitrogens is 1. The molecule has 8 heteroatoms. The van der Waals surface area contributed by atoms with Crippen molar-refractivity contribution in [2.24, 2.45) is 13.0 Å². The number of hydrogen-bond donors (Lipinski definition) is 1. The van der Waals surface area contributed by atoms with Gasteiger partial charge < -0.3 is 24.2 Å². The molecule has 0 bridgehead atoms. The van der Waals surface area contributed by atoms with Gasteiger partial charge in [-0.3, -0.25) is 14.5 Å². The standard InChI is InChI=1S/C31H46N4O4/c1-5-6-17-34(18-8-15-32(2)3)29(36)22-35-21-26(23-10-13-28-24(20-23)14-19-39-28)30(31(37)38)27(35)12-11-25-9-7-16-33(25)4/h7,9-10,13,16,20,26-27,30H,5-6,8,11-12,14-15,17-19,21-22H2,1-4H3,(H,37,38)/t26-,27+,30?/m1/s1. The molecule has 1 fully saturated rings. The van der Waals surface area contributed by atoms with E-state index in [0.29, 0.717) is 19.6 Å². The van der Waals surface area contributed by atoms with Gasteiger partial charge in [0.15, 0.2) is 0 Å². The van der Waals surface area contributed by atoms with E-state index in [1.54, 1.807) is 0 Å². The lowest BCUT2D eigenvalue weighted by atomic mass is 9.83. The fourth-order valence-corrected chi connectivity index (χ4v) is 6.24. The topological polar surface area (TPSA) is 78.2 Å². The predicted molar refractivity (Wildman–Crippen MR) is 153 cm³/mol. The number of amides is 1. The molecule has 1 saturated heterocycles. The molecular formula is C31H46N4O4. The molecule has 1 amide bonds. The Labute approximate surface area is 233 Å². The van der Waals surface area contributed by atoms with Crippen LogP contribution >= 0.6 is 0 Å². The van der Waals surface area contributed by atoms with Crippen molar-refractivity contribution >= 4 is 11.9 Å². The second kappa shape index (κ2) is 13.5. The van der Waals surface area contributed by atoms with E-state index >= 15 is 0 Å². The van der Waals surface area contributed by atoms with Gasteiger partial charge in [0.05, 0.1) is 19.1 Å². The van der Waals surface area contributed by atoms with Gasteiger partial charge in [-0.2, -0.15) is 0 Å². The molecule has 1 aromatic heterocycles. The maximum atomic E-state index is 13.7. The quantitative estimate of drug-likeness (QED) is 0.396. The number of fused-ring (bicyclic) bond motifs is 1. The molecule has 1 aromatic carbocycles. The van der Waals surface area contributed by atoms with Crippen LogP contribution in [-0.2, 0) is 29.5 Å². The number of benzene rings is 1. The Morgan fingerprint density at radius 3 is 2.62 bits per heavy atom. The second-order valence-corrected chi connectivity index (χ2v) is 11.5. The molecule has 1 N–H and O–H groups in total. The average Bonchev–Trinajstić information content (AvgIpc) is 3.62. The lowest BCUT2D eigenvalue weighted by Crippen LogP contribution is -2.45. The number of aryl methyl sites for hydroxylation is 2. The monoisotopic (exact) mass is 538 g/mol. The van der Waals surface area contributed by atoms with Crippen molar-refractivity contribution < 1.29 is 19.4 Å². The molecule has 3 heterocycles. The number of carbonyl (C=O) groups excluding carboxylic acids is 1. The van der Waals surface area contributed by atoms with Gasteiger partial charge in [0.25, 0.3) is 0 Å². The van der Waals surface area contributed by atoms with Crippen LogP contribution in [0.3, 0.4) is 0 Å². The molecule has 1 unspecified atom stereocenters. The van der Waals surface area contributed by atoms with Crippen LogP contribution in [0.1, 0.15) is 55.3 Å². The van der Waals surface area contributed by atoms with E-state index in [9.17, 15) is 14.7 Å². The molecule has 0 radical (unpaired) electrons. The summed E-state index contributed by atoms with van der Waals surface area (Å²) in [5, 5.41) is 10.5. The number of likely N-dealkylation sites (tertiary alicyclic amines) is 1. The zero-order chi connectivity index (χ0) is 27.9. The first-order valence-corrected chi connectivity index (χ1v) is 14.5. The van der Waals surface area contributed by atoms with Crippen LogP contribution in [0.2, 0.25) is 0 Å².